The molecule has 0 spiro atoms. The van der Waals surface area contributed by atoms with E-state index in [1.807, 2.05) is 55.5 Å². The van der Waals surface area contributed by atoms with E-state index in [0.29, 0.717) is 26.2 Å². The Balaban J connectivity index is 1.70. The van der Waals surface area contributed by atoms with Gasteiger partial charge in [-0.15, -0.1) is 0 Å². The Morgan fingerprint density at radius 2 is 1.83 bits per heavy atom. The first-order valence-electron chi connectivity index (χ1n) is 7.54. The minimum atomic E-state index is -0.0187. The molecule has 0 aliphatic rings. The maximum absolute atomic E-state index is 11.9. The highest BCUT2D eigenvalue weighted by molar-refractivity contribution is 9.10. The van der Waals surface area contributed by atoms with Crippen LogP contribution in [0.15, 0.2) is 53.0 Å². The summed E-state index contributed by atoms with van der Waals surface area (Å²) in [5.41, 5.74) is 0.974. The van der Waals surface area contributed by atoms with Crippen LogP contribution in [0.1, 0.15) is 12.5 Å². The minimum absolute atomic E-state index is 0.0187. The molecular formula is C18H20BrNO3. The highest BCUT2D eigenvalue weighted by Crippen LogP contribution is 2.19. The summed E-state index contributed by atoms with van der Waals surface area (Å²) < 4.78 is 12.0. The molecule has 1 amide bonds. The molecule has 0 heterocycles. The molecule has 0 aromatic heterocycles. The first kappa shape index (κ1) is 17.3. The Morgan fingerprint density at radius 1 is 1.09 bits per heavy atom. The van der Waals surface area contributed by atoms with Crippen LogP contribution in [0.5, 0.6) is 11.5 Å². The van der Waals surface area contributed by atoms with Crippen LogP contribution in [0, 0.1) is 0 Å². The summed E-state index contributed by atoms with van der Waals surface area (Å²) in [6.07, 6.45) is 0.360. The first-order chi connectivity index (χ1) is 11.2. The summed E-state index contributed by atoms with van der Waals surface area (Å²) in [6, 6.07) is 15.2. The van der Waals surface area contributed by atoms with Gasteiger partial charge in [0.25, 0.3) is 0 Å². The SMILES string of the molecule is CCOc1cccc(OCCNC(=O)Cc2cccc(Br)c2)c1. The van der Waals surface area contributed by atoms with Gasteiger partial charge in [0.15, 0.2) is 0 Å². The van der Waals surface area contributed by atoms with Crippen molar-refractivity contribution in [1.29, 1.82) is 0 Å². The Labute approximate surface area is 144 Å². The quantitative estimate of drug-likeness (QED) is 0.715. The second-order valence-electron chi connectivity index (χ2n) is 4.91. The molecule has 0 bridgehead atoms. The number of benzene rings is 2. The van der Waals surface area contributed by atoms with E-state index in [1.165, 1.54) is 0 Å². The number of rotatable bonds is 8. The van der Waals surface area contributed by atoms with Crippen LogP contribution in [0.3, 0.4) is 0 Å². The number of hydrogen-bond donors (Lipinski definition) is 1. The van der Waals surface area contributed by atoms with Gasteiger partial charge in [-0.2, -0.15) is 0 Å². The van der Waals surface area contributed by atoms with Crippen LogP contribution in [0.4, 0.5) is 0 Å². The smallest absolute Gasteiger partial charge is 0.224 e. The molecule has 2 aromatic rings. The molecule has 0 atom stereocenters. The van der Waals surface area contributed by atoms with E-state index in [1.54, 1.807) is 0 Å². The van der Waals surface area contributed by atoms with Gasteiger partial charge in [-0.1, -0.05) is 34.1 Å². The van der Waals surface area contributed by atoms with Gasteiger partial charge in [-0.3, -0.25) is 4.79 Å². The van der Waals surface area contributed by atoms with Gasteiger partial charge in [-0.05, 0) is 36.8 Å². The molecular weight excluding hydrogens is 358 g/mol. The number of carbonyl (C=O) groups is 1. The van der Waals surface area contributed by atoms with Crippen molar-refractivity contribution >= 4 is 21.8 Å². The van der Waals surface area contributed by atoms with Gasteiger partial charge < -0.3 is 14.8 Å². The largest absolute Gasteiger partial charge is 0.494 e. The fraction of sp³-hybridized carbons (Fsp3) is 0.278. The highest BCUT2D eigenvalue weighted by atomic mass is 79.9. The third-order valence-corrected chi connectivity index (χ3v) is 3.56. The molecule has 0 fully saturated rings. The van der Waals surface area contributed by atoms with Crippen molar-refractivity contribution in [2.75, 3.05) is 19.8 Å². The number of nitrogens with one attached hydrogen (secondary N) is 1. The molecule has 0 radical (unpaired) electrons. The van der Waals surface area contributed by atoms with Crippen molar-refractivity contribution in [3.8, 4) is 11.5 Å². The van der Waals surface area contributed by atoms with Crippen LogP contribution in [0.25, 0.3) is 0 Å². The van der Waals surface area contributed by atoms with E-state index >= 15 is 0 Å². The summed E-state index contributed by atoms with van der Waals surface area (Å²) in [6.45, 7) is 3.44. The normalized spacial score (nSPS) is 10.2. The van der Waals surface area contributed by atoms with Gasteiger partial charge in [0.05, 0.1) is 19.6 Å². The summed E-state index contributed by atoms with van der Waals surface area (Å²) in [7, 11) is 0. The molecule has 0 aliphatic carbocycles. The molecule has 0 aliphatic heterocycles. The molecule has 0 unspecified atom stereocenters. The van der Waals surface area contributed by atoms with Crippen LogP contribution in [0.2, 0.25) is 0 Å². The topological polar surface area (TPSA) is 47.6 Å². The molecule has 0 saturated heterocycles. The summed E-state index contributed by atoms with van der Waals surface area (Å²) >= 11 is 3.40. The number of carbonyl (C=O) groups excluding carboxylic acids is 1. The maximum Gasteiger partial charge on any atom is 0.224 e. The van der Waals surface area contributed by atoms with Gasteiger partial charge >= 0.3 is 0 Å². The van der Waals surface area contributed by atoms with E-state index < -0.39 is 0 Å². The van der Waals surface area contributed by atoms with E-state index in [-0.39, 0.29) is 5.91 Å². The fourth-order valence-electron chi connectivity index (χ4n) is 2.07. The molecule has 4 nitrogen and oxygen atoms in total. The van der Waals surface area contributed by atoms with Gasteiger partial charge in [-0.25, -0.2) is 0 Å². The van der Waals surface area contributed by atoms with Crippen molar-refractivity contribution in [2.45, 2.75) is 13.3 Å². The molecule has 0 saturated carbocycles. The summed E-state index contributed by atoms with van der Waals surface area (Å²) in [5.74, 6) is 1.50. The first-order valence-corrected chi connectivity index (χ1v) is 8.33. The molecule has 1 N–H and O–H groups in total. The Morgan fingerprint density at radius 3 is 2.57 bits per heavy atom. The Hall–Kier alpha value is -2.01. The van der Waals surface area contributed by atoms with Crippen molar-refractivity contribution in [3.63, 3.8) is 0 Å². The van der Waals surface area contributed by atoms with E-state index in [2.05, 4.69) is 21.2 Å². The number of halogens is 1. The monoisotopic (exact) mass is 377 g/mol. The van der Waals surface area contributed by atoms with Gasteiger partial charge in [0.1, 0.15) is 18.1 Å². The molecule has 2 rings (SSSR count). The van der Waals surface area contributed by atoms with Crippen LogP contribution >= 0.6 is 15.9 Å². The predicted octanol–water partition coefficient (Wildman–Crippen LogP) is 3.59. The summed E-state index contributed by atoms with van der Waals surface area (Å²) in [4.78, 5) is 11.9. The maximum atomic E-state index is 11.9. The lowest BCUT2D eigenvalue weighted by Crippen LogP contribution is -2.29. The van der Waals surface area contributed by atoms with Crippen LogP contribution in [-0.4, -0.2) is 25.7 Å². The average Bonchev–Trinajstić information content (AvgIpc) is 2.52. The molecule has 5 heteroatoms. The number of hydrogen-bond acceptors (Lipinski definition) is 3. The minimum Gasteiger partial charge on any atom is -0.494 e. The van der Waals surface area contributed by atoms with Gasteiger partial charge in [0, 0.05) is 10.5 Å². The second-order valence-corrected chi connectivity index (χ2v) is 5.83. The third-order valence-electron chi connectivity index (χ3n) is 3.06. The Bertz CT molecular complexity index is 646. The zero-order valence-corrected chi connectivity index (χ0v) is 14.6. The zero-order valence-electron chi connectivity index (χ0n) is 13.0. The number of ether oxygens (including phenoxy) is 2. The lowest BCUT2D eigenvalue weighted by molar-refractivity contribution is -0.120. The average molecular weight is 378 g/mol. The van der Waals surface area contributed by atoms with Crippen LogP contribution in [-0.2, 0) is 11.2 Å². The van der Waals surface area contributed by atoms with E-state index in [9.17, 15) is 4.79 Å². The summed E-state index contributed by atoms with van der Waals surface area (Å²) in [5, 5.41) is 2.85. The Kier molecular flexibility index (Phi) is 6.94. The lowest BCUT2D eigenvalue weighted by atomic mass is 10.1. The standard InChI is InChI=1S/C18H20BrNO3/c1-2-22-16-7-4-8-17(13-16)23-10-9-20-18(21)12-14-5-3-6-15(19)11-14/h3-8,11,13H,2,9-10,12H2,1H3,(H,20,21). The second kappa shape index (κ2) is 9.20. The predicted molar refractivity (Wildman–Crippen MR) is 94.0 cm³/mol. The van der Waals surface area contributed by atoms with Crippen molar-refractivity contribution < 1.29 is 14.3 Å². The zero-order chi connectivity index (χ0) is 16.5. The number of amides is 1. The van der Waals surface area contributed by atoms with Crippen molar-refractivity contribution in [2.24, 2.45) is 0 Å². The van der Waals surface area contributed by atoms with Gasteiger partial charge in [0.2, 0.25) is 5.91 Å². The lowest BCUT2D eigenvalue weighted by Gasteiger charge is -2.09. The molecule has 23 heavy (non-hydrogen) atoms. The fourth-order valence-corrected chi connectivity index (χ4v) is 2.52. The molecule has 122 valence electrons. The van der Waals surface area contributed by atoms with E-state index in [4.69, 9.17) is 9.47 Å². The van der Waals surface area contributed by atoms with Crippen molar-refractivity contribution in [1.82, 2.24) is 5.32 Å². The third kappa shape index (κ3) is 6.32. The van der Waals surface area contributed by atoms with Crippen molar-refractivity contribution in [3.05, 3.63) is 58.6 Å². The highest BCUT2D eigenvalue weighted by Gasteiger charge is 2.03. The van der Waals surface area contributed by atoms with Crippen LogP contribution < -0.4 is 14.8 Å². The molecule has 2 aromatic carbocycles. The van der Waals surface area contributed by atoms with E-state index in [0.717, 1.165) is 21.5 Å².